The number of ether oxygens (including phenoxy) is 1. The van der Waals surface area contributed by atoms with Gasteiger partial charge in [-0.1, -0.05) is 12.1 Å². The zero-order valence-corrected chi connectivity index (χ0v) is 18.6. The smallest absolute Gasteiger partial charge is 0.338 e. The Hall–Kier alpha value is -4.24. The number of esters is 1. The van der Waals surface area contributed by atoms with E-state index < -0.39 is 43.7 Å². The molecule has 0 bridgehead atoms. The molecule has 0 radical (unpaired) electrons. The molecule has 0 unspecified atom stereocenters. The largest absolute Gasteiger partial charge is 0.454 e. The molecule has 1 aliphatic rings. The highest BCUT2D eigenvalue weighted by molar-refractivity contribution is 7.90. The number of nitro groups is 1. The Morgan fingerprint density at radius 2 is 1.70 bits per heavy atom. The van der Waals surface area contributed by atoms with Gasteiger partial charge in [-0.3, -0.25) is 14.9 Å². The lowest BCUT2D eigenvalue weighted by Gasteiger charge is -2.19. The van der Waals surface area contributed by atoms with Crippen molar-refractivity contribution in [3.63, 3.8) is 0 Å². The van der Waals surface area contributed by atoms with Gasteiger partial charge >= 0.3 is 5.97 Å². The van der Waals surface area contributed by atoms with Crippen molar-refractivity contribution in [2.45, 2.75) is 4.90 Å². The molecule has 33 heavy (non-hydrogen) atoms. The highest BCUT2D eigenvalue weighted by Gasteiger charge is 2.32. The number of nitro benzene ring substituents is 1. The van der Waals surface area contributed by atoms with Gasteiger partial charge < -0.3 is 14.5 Å². The third kappa shape index (κ3) is 4.39. The summed E-state index contributed by atoms with van der Waals surface area (Å²) in [5.74, 6) is -1.53. The molecule has 0 saturated carbocycles. The molecular weight excluding hydrogens is 452 g/mol. The van der Waals surface area contributed by atoms with Crippen LogP contribution < -0.4 is 9.80 Å². The minimum Gasteiger partial charge on any atom is -0.454 e. The Morgan fingerprint density at radius 3 is 2.18 bits per heavy atom. The number of rotatable bonds is 6. The monoisotopic (exact) mass is 470 g/mol. The second-order valence-corrected chi connectivity index (χ2v) is 9.11. The van der Waals surface area contributed by atoms with Crippen LogP contribution in [0, 0.1) is 21.4 Å². The van der Waals surface area contributed by atoms with Crippen LogP contribution in [-0.4, -0.2) is 52.1 Å². The summed E-state index contributed by atoms with van der Waals surface area (Å²) < 4.78 is 28.4. The Bertz CT molecular complexity index is 1330. The summed E-state index contributed by atoms with van der Waals surface area (Å²) in [6.45, 7) is -0.787. The summed E-state index contributed by atoms with van der Waals surface area (Å²) in [6.07, 6.45) is 0.804. The molecule has 0 atom stereocenters. The van der Waals surface area contributed by atoms with Gasteiger partial charge in [0, 0.05) is 26.4 Å². The van der Waals surface area contributed by atoms with Gasteiger partial charge in [-0.05, 0) is 24.3 Å². The number of benzene rings is 2. The summed E-state index contributed by atoms with van der Waals surface area (Å²) in [5.41, 5.74) is 0.236. The van der Waals surface area contributed by atoms with Crippen molar-refractivity contribution in [1.82, 2.24) is 0 Å². The van der Waals surface area contributed by atoms with Gasteiger partial charge in [-0.25, -0.2) is 13.2 Å². The predicted octanol–water partition coefficient (Wildman–Crippen LogP) is 2.05. The fraction of sp³-hybridized carbons (Fsp3) is 0.190. The van der Waals surface area contributed by atoms with Crippen molar-refractivity contribution in [3.8, 4) is 6.07 Å². The minimum absolute atomic E-state index is 0.234. The van der Waals surface area contributed by atoms with Crippen LogP contribution in [0.25, 0.3) is 0 Å². The average Bonchev–Trinajstić information content (AvgIpc) is 3.02. The Kier molecular flexibility index (Phi) is 6.19. The molecule has 0 N–H and O–H groups in total. The number of carbonyl (C=O) groups is 2. The third-order valence-electron chi connectivity index (χ3n) is 4.98. The summed E-state index contributed by atoms with van der Waals surface area (Å²) in [6, 6.07) is 11.9. The second kappa shape index (κ2) is 8.71. The van der Waals surface area contributed by atoms with Crippen LogP contribution in [0.1, 0.15) is 10.4 Å². The molecule has 0 saturated heterocycles. The lowest BCUT2D eigenvalue weighted by molar-refractivity contribution is -0.387. The van der Waals surface area contributed by atoms with Crippen LogP contribution in [0.5, 0.6) is 0 Å². The molecule has 1 heterocycles. The van der Waals surface area contributed by atoms with E-state index in [2.05, 4.69) is 0 Å². The van der Waals surface area contributed by atoms with Crippen molar-refractivity contribution >= 4 is 38.7 Å². The zero-order chi connectivity index (χ0) is 24.5. The Labute approximate surface area is 189 Å². The van der Waals surface area contributed by atoms with E-state index in [1.165, 1.54) is 0 Å². The summed E-state index contributed by atoms with van der Waals surface area (Å²) in [7, 11) is -0.521. The fourth-order valence-electron chi connectivity index (χ4n) is 3.44. The molecule has 12 heteroatoms. The maximum Gasteiger partial charge on any atom is 0.338 e. The van der Waals surface area contributed by atoms with Gasteiger partial charge in [0.15, 0.2) is 16.4 Å². The summed E-state index contributed by atoms with van der Waals surface area (Å²) in [4.78, 5) is 38.1. The molecule has 1 aliphatic heterocycles. The van der Waals surface area contributed by atoms with Gasteiger partial charge in [0.1, 0.15) is 22.4 Å². The van der Waals surface area contributed by atoms with Crippen LogP contribution in [-0.2, 0) is 19.4 Å². The standard InChI is InChI=1S/C21H18N4O7S/c1-23-15-6-4-5-7-16(15)24(2)20(23)14(11-22)18(26)12-32-21(27)13-8-9-19(33(3,30)31)17(10-13)25(28)29/h4-10H,12H2,1-3H3. The molecule has 3 rings (SSSR count). The minimum atomic E-state index is -3.90. The van der Waals surface area contributed by atoms with Crippen LogP contribution in [0.15, 0.2) is 58.8 Å². The number of Topliss-reactive ketones (excluding diaryl/α,β-unsaturated/α-hetero) is 1. The first-order valence-electron chi connectivity index (χ1n) is 9.37. The topological polar surface area (TPSA) is 151 Å². The number of anilines is 2. The molecule has 11 nitrogen and oxygen atoms in total. The van der Waals surface area contributed by atoms with Crippen LogP contribution >= 0.6 is 0 Å². The molecule has 0 spiro atoms. The number of fused-ring (bicyclic) bond motifs is 1. The maximum absolute atomic E-state index is 12.7. The maximum atomic E-state index is 12.7. The van der Waals surface area contributed by atoms with E-state index in [0.717, 1.165) is 35.8 Å². The van der Waals surface area contributed by atoms with Gasteiger partial charge in [-0.2, -0.15) is 5.26 Å². The molecule has 2 aromatic carbocycles. The zero-order valence-electron chi connectivity index (χ0n) is 17.8. The van der Waals surface area contributed by atoms with Gasteiger partial charge in [-0.15, -0.1) is 0 Å². The molecule has 2 aromatic rings. The molecule has 170 valence electrons. The SMILES string of the molecule is CN1C(=C(C#N)C(=O)COC(=O)c2ccc(S(C)(=O)=O)c([N+](=O)[O-])c2)N(C)c2ccccc21. The first kappa shape index (κ1) is 23.4. The number of hydrogen-bond acceptors (Lipinski definition) is 10. The number of carbonyl (C=O) groups excluding carboxylic acids is 2. The Balaban J connectivity index is 1.83. The highest BCUT2D eigenvalue weighted by atomic mass is 32.2. The first-order chi connectivity index (χ1) is 15.5. The number of nitriles is 1. The summed E-state index contributed by atoms with van der Waals surface area (Å²) in [5, 5.41) is 20.8. The van der Waals surface area contributed by atoms with E-state index >= 15 is 0 Å². The van der Waals surface area contributed by atoms with E-state index in [-0.39, 0.29) is 11.1 Å². The van der Waals surface area contributed by atoms with Crippen LogP contribution in [0.4, 0.5) is 17.1 Å². The van der Waals surface area contributed by atoms with Crippen LogP contribution in [0.3, 0.4) is 0 Å². The first-order valence-corrected chi connectivity index (χ1v) is 11.3. The lowest BCUT2D eigenvalue weighted by Crippen LogP contribution is -2.27. The average molecular weight is 470 g/mol. The van der Waals surface area contributed by atoms with E-state index in [1.54, 1.807) is 23.9 Å². The second-order valence-electron chi connectivity index (χ2n) is 7.13. The number of para-hydroxylation sites is 2. The van der Waals surface area contributed by atoms with Gasteiger partial charge in [0.25, 0.3) is 5.69 Å². The Morgan fingerprint density at radius 1 is 1.12 bits per heavy atom. The number of nitrogens with zero attached hydrogens (tertiary/aromatic N) is 4. The van der Waals surface area contributed by atoms with Crippen molar-refractivity contribution in [2.24, 2.45) is 0 Å². The van der Waals surface area contributed by atoms with Crippen molar-refractivity contribution < 1.29 is 27.7 Å². The van der Waals surface area contributed by atoms with E-state index in [9.17, 15) is 33.4 Å². The van der Waals surface area contributed by atoms with Gasteiger partial charge in [0.2, 0.25) is 5.78 Å². The van der Waals surface area contributed by atoms with E-state index in [4.69, 9.17) is 4.74 Å². The molecular formula is C21H18N4O7S. The van der Waals surface area contributed by atoms with Gasteiger partial charge in [0.05, 0.1) is 21.9 Å². The van der Waals surface area contributed by atoms with E-state index in [1.807, 2.05) is 30.3 Å². The third-order valence-corrected chi connectivity index (χ3v) is 6.12. The molecule has 0 aliphatic carbocycles. The summed E-state index contributed by atoms with van der Waals surface area (Å²) >= 11 is 0. The predicted molar refractivity (Wildman–Crippen MR) is 117 cm³/mol. The normalized spacial score (nSPS) is 12.7. The number of ketones is 1. The van der Waals surface area contributed by atoms with Crippen molar-refractivity contribution in [2.75, 3.05) is 36.8 Å². The van der Waals surface area contributed by atoms with E-state index in [0.29, 0.717) is 5.82 Å². The fourth-order valence-corrected chi connectivity index (χ4v) is 4.27. The molecule has 0 amide bonds. The highest BCUT2D eigenvalue weighted by Crippen LogP contribution is 2.40. The molecule has 0 aromatic heterocycles. The number of hydrogen-bond donors (Lipinski definition) is 0. The van der Waals surface area contributed by atoms with Crippen LogP contribution in [0.2, 0.25) is 0 Å². The molecule has 0 fully saturated rings. The quantitative estimate of drug-likeness (QED) is 0.202. The number of sulfone groups is 1. The van der Waals surface area contributed by atoms with Crippen molar-refractivity contribution in [3.05, 3.63) is 69.5 Å². The van der Waals surface area contributed by atoms with Crippen molar-refractivity contribution in [1.29, 1.82) is 5.26 Å². The lowest BCUT2D eigenvalue weighted by atomic mass is 10.1.